The lowest BCUT2D eigenvalue weighted by atomic mass is 10.1. The van der Waals surface area contributed by atoms with Gasteiger partial charge in [-0.25, -0.2) is 24.5 Å². The summed E-state index contributed by atoms with van der Waals surface area (Å²) in [5.74, 6) is -2.41. The number of hydrogen-bond acceptors (Lipinski definition) is 5. The normalized spacial score (nSPS) is 10.1. The third kappa shape index (κ3) is 6.10. The van der Waals surface area contributed by atoms with Crippen molar-refractivity contribution >= 4 is 35.1 Å². The SMILES string of the molecule is O=C(O)c1cc(-c2cccc(Cl)c2)ccn1.O=C(O)c1nccc(-c2cccc(Cl)c2)n1. The van der Waals surface area contributed by atoms with Crippen molar-refractivity contribution < 1.29 is 19.8 Å². The minimum atomic E-state index is -1.15. The van der Waals surface area contributed by atoms with Crippen LogP contribution in [0.4, 0.5) is 0 Å². The Morgan fingerprint density at radius 2 is 1.28 bits per heavy atom. The van der Waals surface area contributed by atoms with Crippen LogP contribution in [0.3, 0.4) is 0 Å². The van der Waals surface area contributed by atoms with Gasteiger partial charge in [0, 0.05) is 28.0 Å². The van der Waals surface area contributed by atoms with Crippen molar-refractivity contribution in [1.82, 2.24) is 15.0 Å². The van der Waals surface area contributed by atoms with Crippen molar-refractivity contribution in [2.75, 3.05) is 0 Å². The van der Waals surface area contributed by atoms with Gasteiger partial charge in [-0.1, -0.05) is 47.5 Å². The number of carboxylic acid groups (broad SMARTS) is 2. The molecule has 0 saturated carbocycles. The molecule has 0 aliphatic rings. The van der Waals surface area contributed by atoms with E-state index < -0.39 is 11.9 Å². The van der Waals surface area contributed by atoms with E-state index in [2.05, 4.69) is 15.0 Å². The summed E-state index contributed by atoms with van der Waals surface area (Å²) in [6, 6.07) is 19.2. The van der Waals surface area contributed by atoms with E-state index in [0.29, 0.717) is 15.7 Å². The standard InChI is InChI=1S/C12H8ClNO2.C11H7ClN2O2/c13-10-3-1-2-8(6-10)9-4-5-14-11(7-9)12(15)16;12-8-3-1-2-7(6-8)9-4-5-13-10(14-9)11(15)16/h1-7H,(H,15,16);1-6H,(H,15,16). The van der Waals surface area contributed by atoms with E-state index in [9.17, 15) is 9.59 Å². The number of aromatic nitrogens is 3. The van der Waals surface area contributed by atoms with Gasteiger partial charge in [-0.15, -0.1) is 0 Å². The largest absolute Gasteiger partial charge is 0.477 e. The smallest absolute Gasteiger partial charge is 0.373 e. The van der Waals surface area contributed by atoms with Crippen LogP contribution in [0.25, 0.3) is 22.4 Å². The number of hydrogen-bond donors (Lipinski definition) is 2. The number of carboxylic acids is 2. The third-order valence-electron chi connectivity index (χ3n) is 4.10. The number of aromatic carboxylic acids is 2. The molecule has 0 spiro atoms. The summed E-state index contributed by atoms with van der Waals surface area (Å²) in [5.41, 5.74) is 2.98. The van der Waals surface area contributed by atoms with Gasteiger partial charge in [0.2, 0.25) is 5.82 Å². The molecule has 4 aromatic rings. The summed E-state index contributed by atoms with van der Waals surface area (Å²) in [4.78, 5) is 32.8. The Bertz CT molecular complexity index is 1180. The number of benzene rings is 2. The first-order valence-electron chi connectivity index (χ1n) is 9.11. The molecule has 2 N–H and O–H groups in total. The molecular formula is C23H15Cl2N3O4. The summed E-state index contributed by atoms with van der Waals surface area (Å²) in [6.07, 6.45) is 2.88. The zero-order valence-electron chi connectivity index (χ0n) is 16.3. The van der Waals surface area contributed by atoms with E-state index >= 15 is 0 Å². The van der Waals surface area contributed by atoms with Crippen LogP contribution in [0.15, 0.2) is 79.1 Å². The van der Waals surface area contributed by atoms with Gasteiger partial charge in [-0.05, 0) is 53.6 Å². The molecular weight excluding hydrogens is 453 g/mol. The number of rotatable bonds is 4. The van der Waals surface area contributed by atoms with Crippen LogP contribution >= 0.6 is 23.2 Å². The second-order valence-electron chi connectivity index (χ2n) is 6.33. The quantitative estimate of drug-likeness (QED) is 0.401. The molecule has 4 rings (SSSR count). The molecule has 0 aliphatic heterocycles. The molecule has 0 radical (unpaired) electrons. The zero-order valence-corrected chi connectivity index (χ0v) is 17.8. The van der Waals surface area contributed by atoms with E-state index in [0.717, 1.165) is 16.7 Å². The number of carbonyl (C=O) groups is 2. The first-order chi connectivity index (χ1) is 15.3. The summed E-state index contributed by atoms with van der Waals surface area (Å²) in [6.45, 7) is 0. The summed E-state index contributed by atoms with van der Waals surface area (Å²) in [5, 5.41) is 18.8. The Labute approximate surface area is 193 Å². The summed E-state index contributed by atoms with van der Waals surface area (Å²) in [7, 11) is 0. The molecule has 2 aromatic heterocycles. The number of nitrogens with zero attached hydrogens (tertiary/aromatic N) is 3. The fraction of sp³-hybridized carbons (Fsp3) is 0. The van der Waals surface area contributed by atoms with E-state index in [1.807, 2.05) is 12.1 Å². The predicted molar refractivity (Wildman–Crippen MR) is 121 cm³/mol. The lowest BCUT2D eigenvalue weighted by Gasteiger charge is -2.02. The molecule has 0 fully saturated rings. The monoisotopic (exact) mass is 467 g/mol. The van der Waals surface area contributed by atoms with Crippen LogP contribution in [-0.4, -0.2) is 37.1 Å². The highest BCUT2D eigenvalue weighted by molar-refractivity contribution is 6.31. The number of pyridine rings is 1. The topological polar surface area (TPSA) is 113 Å². The Kier molecular flexibility index (Phi) is 7.49. The van der Waals surface area contributed by atoms with Gasteiger partial charge in [0.15, 0.2) is 0 Å². The molecule has 0 saturated heterocycles. The maximum Gasteiger partial charge on any atom is 0.373 e. The van der Waals surface area contributed by atoms with Crippen molar-refractivity contribution in [3.8, 4) is 22.4 Å². The molecule has 7 nitrogen and oxygen atoms in total. The van der Waals surface area contributed by atoms with Crippen molar-refractivity contribution in [3.05, 3.63) is 101 Å². The Morgan fingerprint density at radius 3 is 1.91 bits per heavy atom. The van der Waals surface area contributed by atoms with Gasteiger partial charge in [0.25, 0.3) is 0 Å². The minimum absolute atomic E-state index is 0.0254. The first kappa shape index (κ1) is 22.9. The molecule has 0 unspecified atom stereocenters. The van der Waals surface area contributed by atoms with E-state index in [1.54, 1.807) is 48.5 Å². The second-order valence-corrected chi connectivity index (χ2v) is 7.20. The molecule has 0 aliphatic carbocycles. The van der Waals surface area contributed by atoms with Gasteiger partial charge < -0.3 is 10.2 Å². The van der Waals surface area contributed by atoms with Crippen LogP contribution in [0.1, 0.15) is 21.1 Å². The van der Waals surface area contributed by atoms with Crippen LogP contribution in [0, 0.1) is 0 Å². The highest BCUT2D eigenvalue weighted by Crippen LogP contribution is 2.23. The predicted octanol–water partition coefficient (Wildman–Crippen LogP) is 5.60. The van der Waals surface area contributed by atoms with Crippen LogP contribution in [0.5, 0.6) is 0 Å². The van der Waals surface area contributed by atoms with Gasteiger partial charge in [0.05, 0.1) is 5.69 Å². The molecule has 9 heteroatoms. The van der Waals surface area contributed by atoms with Crippen LogP contribution in [-0.2, 0) is 0 Å². The van der Waals surface area contributed by atoms with E-state index in [-0.39, 0.29) is 11.5 Å². The Balaban J connectivity index is 0.000000181. The van der Waals surface area contributed by atoms with Crippen LogP contribution < -0.4 is 0 Å². The van der Waals surface area contributed by atoms with Gasteiger partial charge in [-0.2, -0.15) is 0 Å². The molecule has 0 amide bonds. The lowest BCUT2D eigenvalue weighted by molar-refractivity contribution is 0.0676. The van der Waals surface area contributed by atoms with Gasteiger partial charge >= 0.3 is 11.9 Å². The lowest BCUT2D eigenvalue weighted by Crippen LogP contribution is -2.03. The highest BCUT2D eigenvalue weighted by Gasteiger charge is 2.08. The maximum absolute atomic E-state index is 10.8. The molecule has 2 aromatic carbocycles. The molecule has 2 heterocycles. The van der Waals surface area contributed by atoms with E-state index in [4.69, 9.17) is 33.4 Å². The molecule has 0 bridgehead atoms. The average molecular weight is 468 g/mol. The van der Waals surface area contributed by atoms with Gasteiger partial charge in [0.1, 0.15) is 5.69 Å². The average Bonchev–Trinajstić information content (AvgIpc) is 2.80. The van der Waals surface area contributed by atoms with Crippen molar-refractivity contribution in [2.24, 2.45) is 0 Å². The fourth-order valence-corrected chi connectivity index (χ4v) is 3.05. The highest BCUT2D eigenvalue weighted by atomic mass is 35.5. The third-order valence-corrected chi connectivity index (χ3v) is 4.57. The summed E-state index contributed by atoms with van der Waals surface area (Å²) < 4.78 is 0. The van der Waals surface area contributed by atoms with E-state index in [1.165, 1.54) is 18.5 Å². The molecule has 160 valence electrons. The van der Waals surface area contributed by atoms with Crippen LogP contribution in [0.2, 0.25) is 10.0 Å². The fourth-order valence-electron chi connectivity index (χ4n) is 2.67. The molecule has 0 atom stereocenters. The van der Waals surface area contributed by atoms with Crippen molar-refractivity contribution in [1.29, 1.82) is 0 Å². The maximum atomic E-state index is 10.8. The first-order valence-corrected chi connectivity index (χ1v) is 9.86. The zero-order chi connectivity index (χ0) is 23.1. The number of halogens is 2. The van der Waals surface area contributed by atoms with Gasteiger partial charge in [-0.3, -0.25) is 0 Å². The Hall–Kier alpha value is -3.81. The summed E-state index contributed by atoms with van der Waals surface area (Å²) >= 11 is 11.7. The molecule has 32 heavy (non-hydrogen) atoms. The second kappa shape index (κ2) is 10.5. The Morgan fingerprint density at radius 1 is 0.688 bits per heavy atom. The van der Waals surface area contributed by atoms with Crippen molar-refractivity contribution in [3.63, 3.8) is 0 Å². The van der Waals surface area contributed by atoms with Crippen molar-refractivity contribution in [2.45, 2.75) is 0 Å². The minimum Gasteiger partial charge on any atom is -0.477 e.